The zero-order valence-corrected chi connectivity index (χ0v) is 7.41. The van der Waals surface area contributed by atoms with E-state index in [-0.39, 0.29) is 0 Å². The average Bonchev–Trinajstić information content (AvgIpc) is 2.47. The summed E-state index contributed by atoms with van der Waals surface area (Å²) in [4.78, 5) is 2.37. The van der Waals surface area contributed by atoms with Gasteiger partial charge in [0.1, 0.15) is 0 Å². The summed E-state index contributed by atoms with van der Waals surface area (Å²) in [7, 11) is 0. The van der Waals surface area contributed by atoms with Gasteiger partial charge in [0.25, 0.3) is 0 Å². The molecule has 0 bridgehead atoms. The maximum absolute atomic E-state index is 8.81. The Kier molecular flexibility index (Phi) is 2.63. The molecule has 3 nitrogen and oxygen atoms in total. The molecule has 3 heteroatoms. The lowest BCUT2D eigenvalue weighted by molar-refractivity contribution is 0.00567. The number of rotatable bonds is 3. The van der Waals surface area contributed by atoms with Crippen molar-refractivity contribution in [3.8, 4) is 0 Å². The van der Waals surface area contributed by atoms with Gasteiger partial charge >= 0.3 is 0 Å². The van der Waals surface area contributed by atoms with Crippen molar-refractivity contribution >= 4 is 0 Å². The second-order valence-corrected chi connectivity index (χ2v) is 3.90. The lowest BCUT2D eigenvalue weighted by atomic mass is 10.0. The molecule has 12 heavy (non-hydrogen) atoms. The van der Waals surface area contributed by atoms with Crippen molar-refractivity contribution in [3.63, 3.8) is 0 Å². The highest BCUT2D eigenvalue weighted by molar-refractivity contribution is 4.82. The van der Waals surface area contributed by atoms with E-state index in [4.69, 9.17) is 9.84 Å². The van der Waals surface area contributed by atoms with Crippen LogP contribution in [0.5, 0.6) is 0 Å². The van der Waals surface area contributed by atoms with Gasteiger partial charge in [0, 0.05) is 38.8 Å². The van der Waals surface area contributed by atoms with Gasteiger partial charge in [0.15, 0.2) is 0 Å². The highest BCUT2D eigenvalue weighted by atomic mass is 16.5. The van der Waals surface area contributed by atoms with Crippen molar-refractivity contribution in [2.45, 2.75) is 18.9 Å². The molecule has 0 saturated carbocycles. The first-order valence-corrected chi connectivity index (χ1v) is 4.83. The van der Waals surface area contributed by atoms with E-state index in [2.05, 4.69) is 4.90 Å². The van der Waals surface area contributed by atoms with Crippen molar-refractivity contribution in [3.05, 3.63) is 0 Å². The summed E-state index contributed by atoms with van der Waals surface area (Å²) in [5.74, 6) is 0.534. The van der Waals surface area contributed by atoms with Gasteiger partial charge in [-0.3, -0.25) is 4.90 Å². The van der Waals surface area contributed by atoms with E-state index in [1.165, 1.54) is 12.8 Å². The number of hydrogen-bond acceptors (Lipinski definition) is 3. The van der Waals surface area contributed by atoms with E-state index in [0.29, 0.717) is 18.6 Å². The molecule has 2 heterocycles. The first kappa shape index (κ1) is 8.48. The molecule has 2 aliphatic heterocycles. The van der Waals surface area contributed by atoms with Gasteiger partial charge < -0.3 is 9.84 Å². The standard InChI is InChI=1S/C9H17NO2/c11-7-8-4-10(5-8)6-9-2-1-3-12-9/h8-9,11H,1-7H2/t9-/m0/s1. The number of likely N-dealkylation sites (tertiary alicyclic amines) is 1. The van der Waals surface area contributed by atoms with Crippen LogP contribution in [0.25, 0.3) is 0 Å². The summed E-state index contributed by atoms with van der Waals surface area (Å²) in [6, 6.07) is 0. The van der Waals surface area contributed by atoms with E-state index in [1.54, 1.807) is 0 Å². The Morgan fingerprint density at radius 3 is 2.83 bits per heavy atom. The van der Waals surface area contributed by atoms with Crippen LogP contribution in [0, 0.1) is 5.92 Å². The first-order valence-electron chi connectivity index (χ1n) is 4.83. The molecule has 0 aromatic carbocycles. The maximum Gasteiger partial charge on any atom is 0.0702 e. The molecular weight excluding hydrogens is 154 g/mol. The summed E-state index contributed by atoms with van der Waals surface area (Å²) in [5.41, 5.74) is 0. The lowest BCUT2D eigenvalue weighted by Gasteiger charge is -2.39. The molecule has 0 radical (unpaired) electrons. The zero-order valence-electron chi connectivity index (χ0n) is 7.41. The van der Waals surface area contributed by atoms with Gasteiger partial charge in [-0.1, -0.05) is 0 Å². The van der Waals surface area contributed by atoms with E-state index in [1.807, 2.05) is 0 Å². The van der Waals surface area contributed by atoms with E-state index < -0.39 is 0 Å². The molecule has 2 saturated heterocycles. The number of aliphatic hydroxyl groups is 1. The Hall–Kier alpha value is -0.120. The van der Waals surface area contributed by atoms with Crippen molar-refractivity contribution in [2.75, 3.05) is 32.8 Å². The molecule has 1 atom stereocenters. The predicted octanol–water partition coefficient (Wildman–Crippen LogP) is 0.0895. The second-order valence-electron chi connectivity index (χ2n) is 3.90. The molecule has 0 aromatic heterocycles. The third-order valence-electron chi connectivity index (χ3n) is 2.78. The molecule has 0 aliphatic carbocycles. The monoisotopic (exact) mass is 171 g/mol. The fraction of sp³-hybridized carbons (Fsp3) is 1.00. The summed E-state index contributed by atoms with van der Waals surface area (Å²) in [6.45, 7) is 4.51. The molecule has 0 aromatic rings. The fourth-order valence-corrected chi connectivity index (χ4v) is 2.02. The molecule has 70 valence electrons. The number of aliphatic hydroxyl groups excluding tert-OH is 1. The van der Waals surface area contributed by atoms with Gasteiger partial charge in [-0.2, -0.15) is 0 Å². The SMILES string of the molecule is OCC1CN(C[C@@H]2CCCO2)C1. The van der Waals surface area contributed by atoms with Crippen LogP contribution in [0.15, 0.2) is 0 Å². The highest BCUT2D eigenvalue weighted by Gasteiger charge is 2.28. The topological polar surface area (TPSA) is 32.7 Å². The summed E-state index contributed by atoms with van der Waals surface area (Å²) >= 11 is 0. The predicted molar refractivity (Wildman–Crippen MR) is 46.0 cm³/mol. The molecule has 2 rings (SSSR count). The molecule has 0 spiro atoms. The van der Waals surface area contributed by atoms with Gasteiger partial charge in [0.2, 0.25) is 0 Å². The van der Waals surface area contributed by atoms with Gasteiger partial charge in [-0.15, -0.1) is 0 Å². The van der Waals surface area contributed by atoms with E-state index in [0.717, 1.165) is 26.2 Å². The Morgan fingerprint density at radius 1 is 1.42 bits per heavy atom. The molecule has 2 aliphatic rings. The third-order valence-corrected chi connectivity index (χ3v) is 2.78. The zero-order chi connectivity index (χ0) is 8.39. The summed E-state index contributed by atoms with van der Waals surface area (Å²) < 4.78 is 5.52. The molecule has 1 N–H and O–H groups in total. The molecule has 0 unspecified atom stereocenters. The maximum atomic E-state index is 8.81. The van der Waals surface area contributed by atoms with Crippen molar-refractivity contribution in [1.29, 1.82) is 0 Å². The van der Waals surface area contributed by atoms with Crippen molar-refractivity contribution in [1.82, 2.24) is 4.90 Å². The van der Waals surface area contributed by atoms with Crippen LogP contribution in [0.1, 0.15) is 12.8 Å². The van der Waals surface area contributed by atoms with Crippen molar-refractivity contribution < 1.29 is 9.84 Å². The minimum absolute atomic E-state index is 0.349. The Balaban J connectivity index is 1.62. The minimum atomic E-state index is 0.349. The normalized spacial score (nSPS) is 32.2. The van der Waals surface area contributed by atoms with Gasteiger partial charge in [-0.25, -0.2) is 0 Å². The average molecular weight is 171 g/mol. The fourth-order valence-electron chi connectivity index (χ4n) is 2.02. The molecule has 2 fully saturated rings. The Morgan fingerprint density at radius 2 is 2.25 bits per heavy atom. The van der Waals surface area contributed by atoms with Gasteiger partial charge in [0.05, 0.1) is 6.10 Å². The van der Waals surface area contributed by atoms with Crippen LogP contribution in [0.3, 0.4) is 0 Å². The third kappa shape index (κ3) is 1.79. The molecular formula is C9H17NO2. The van der Waals surface area contributed by atoms with Crippen LogP contribution < -0.4 is 0 Å². The van der Waals surface area contributed by atoms with Crippen LogP contribution in [0.4, 0.5) is 0 Å². The number of nitrogens with zero attached hydrogens (tertiary/aromatic N) is 1. The quantitative estimate of drug-likeness (QED) is 0.653. The minimum Gasteiger partial charge on any atom is -0.396 e. The van der Waals surface area contributed by atoms with Crippen LogP contribution >= 0.6 is 0 Å². The van der Waals surface area contributed by atoms with E-state index in [9.17, 15) is 0 Å². The lowest BCUT2D eigenvalue weighted by Crippen LogP contribution is -2.50. The van der Waals surface area contributed by atoms with E-state index >= 15 is 0 Å². The molecule has 0 amide bonds. The summed E-state index contributed by atoms with van der Waals surface area (Å²) in [6.07, 6.45) is 2.92. The smallest absolute Gasteiger partial charge is 0.0702 e. The van der Waals surface area contributed by atoms with Crippen LogP contribution in [-0.2, 0) is 4.74 Å². The largest absolute Gasteiger partial charge is 0.396 e. The number of hydrogen-bond donors (Lipinski definition) is 1. The summed E-state index contributed by atoms with van der Waals surface area (Å²) in [5, 5.41) is 8.81. The highest BCUT2D eigenvalue weighted by Crippen LogP contribution is 2.19. The number of ether oxygens (including phenoxy) is 1. The first-order chi connectivity index (χ1) is 5.88. The second kappa shape index (κ2) is 3.73. The Bertz CT molecular complexity index is 139. The Labute approximate surface area is 73.3 Å². The van der Waals surface area contributed by atoms with Gasteiger partial charge in [-0.05, 0) is 12.8 Å². The van der Waals surface area contributed by atoms with Crippen LogP contribution in [0.2, 0.25) is 0 Å². The van der Waals surface area contributed by atoms with Crippen LogP contribution in [-0.4, -0.2) is 49.0 Å². The van der Waals surface area contributed by atoms with Crippen molar-refractivity contribution in [2.24, 2.45) is 5.92 Å².